The van der Waals surface area contributed by atoms with Crippen molar-refractivity contribution in [3.8, 4) is 5.75 Å². The zero-order chi connectivity index (χ0) is 51.2. The van der Waals surface area contributed by atoms with Crippen molar-refractivity contribution in [2.75, 3.05) is 32.7 Å². The van der Waals surface area contributed by atoms with Gasteiger partial charge in [-0.1, -0.05) is 26.0 Å². The molecule has 1 saturated heterocycles. The van der Waals surface area contributed by atoms with E-state index in [1.807, 2.05) is 5.32 Å². The first kappa shape index (κ1) is 55.5. The minimum atomic E-state index is -1.68. The largest absolute Gasteiger partial charge is 0.508 e. The van der Waals surface area contributed by atoms with E-state index in [9.17, 15) is 58.2 Å². The molecule has 1 aromatic heterocycles. The first-order chi connectivity index (χ1) is 32.6. The predicted molar refractivity (Wildman–Crippen MR) is 243 cm³/mol. The first-order valence-electron chi connectivity index (χ1n) is 22.0. The third kappa shape index (κ3) is 19.9. The number of benzene rings is 1. The molecule has 27 nitrogen and oxygen atoms in total. The maximum absolute atomic E-state index is 14.2. The number of aromatic amines is 1. The maximum atomic E-state index is 14.2. The van der Waals surface area contributed by atoms with Gasteiger partial charge >= 0.3 is 11.9 Å². The Morgan fingerprint density at radius 1 is 0.783 bits per heavy atom. The molecule has 3 rings (SSSR count). The van der Waals surface area contributed by atoms with Crippen LogP contribution in [0.2, 0.25) is 0 Å². The fraction of sp³-hybridized carbons (Fsp3) is 0.524. The molecule has 0 unspecified atom stereocenters. The van der Waals surface area contributed by atoms with Crippen LogP contribution < -0.4 is 54.4 Å². The quantitative estimate of drug-likeness (QED) is 0.0216. The number of carboxylic acids is 2. The van der Waals surface area contributed by atoms with Gasteiger partial charge in [-0.3, -0.25) is 52.9 Å². The van der Waals surface area contributed by atoms with Crippen LogP contribution in [-0.2, 0) is 60.8 Å². The van der Waals surface area contributed by atoms with Crippen molar-refractivity contribution in [2.45, 2.75) is 101 Å². The number of aromatic hydroxyl groups is 1. The Balaban J connectivity index is 1.70. The number of amides is 8. The summed E-state index contributed by atoms with van der Waals surface area (Å²) >= 11 is 0. The number of nitrogens with two attached hydrogens (primary N) is 3. The van der Waals surface area contributed by atoms with Crippen LogP contribution in [-0.4, -0.2) is 164 Å². The number of carbonyl (C=O) groups excluding carboxylic acids is 8. The average molecular weight is 971 g/mol. The Hall–Kier alpha value is -7.84. The lowest BCUT2D eigenvalue weighted by molar-refractivity contribution is -0.142. The van der Waals surface area contributed by atoms with Crippen molar-refractivity contribution in [1.29, 1.82) is 0 Å². The zero-order valence-electron chi connectivity index (χ0n) is 38.2. The van der Waals surface area contributed by atoms with Crippen LogP contribution >= 0.6 is 0 Å². The molecule has 1 aliphatic heterocycles. The summed E-state index contributed by atoms with van der Waals surface area (Å²) < 4.78 is 0. The number of phenols is 1. The molecule has 1 aliphatic rings. The number of aromatic nitrogens is 2. The van der Waals surface area contributed by atoms with Crippen LogP contribution in [0.3, 0.4) is 0 Å². The van der Waals surface area contributed by atoms with Gasteiger partial charge in [-0.05, 0) is 55.7 Å². The number of hydrogen-bond donors (Lipinski definition) is 14. The number of nitrogens with one attached hydrogen (secondary N) is 8. The van der Waals surface area contributed by atoms with Gasteiger partial charge in [0.1, 0.15) is 42.5 Å². The van der Waals surface area contributed by atoms with E-state index >= 15 is 0 Å². The van der Waals surface area contributed by atoms with Gasteiger partial charge in [0.2, 0.25) is 47.3 Å². The molecule has 2 heterocycles. The van der Waals surface area contributed by atoms with Crippen LogP contribution in [0.15, 0.2) is 41.8 Å². The molecular weight excluding hydrogens is 909 g/mol. The fourth-order valence-electron chi connectivity index (χ4n) is 7.06. The summed E-state index contributed by atoms with van der Waals surface area (Å²) in [6.07, 6.45) is 2.85. The number of aliphatic imine (C=N–C) groups is 1. The van der Waals surface area contributed by atoms with Gasteiger partial charge in [0, 0.05) is 37.8 Å². The van der Waals surface area contributed by atoms with E-state index in [1.165, 1.54) is 41.7 Å². The van der Waals surface area contributed by atoms with Crippen LogP contribution in [0.1, 0.15) is 63.6 Å². The van der Waals surface area contributed by atoms with Crippen molar-refractivity contribution in [3.05, 3.63) is 48.0 Å². The summed E-state index contributed by atoms with van der Waals surface area (Å²) in [7, 11) is 0. The number of guanidine groups is 1. The fourth-order valence-corrected chi connectivity index (χ4v) is 7.06. The predicted octanol–water partition coefficient (Wildman–Crippen LogP) is -4.83. The number of phenolic OH excluding ortho intramolecular Hbond substituents is 1. The van der Waals surface area contributed by atoms with E-state index in [0.29, 0.717) is 17.7 Å². The minimum Gasteiger partial charge on any atom is -0.508 e. The number of rotatable bonds is 28. The lowest BCUT2D eigenvalue weighted by atomic mass is 10.0. The van der Waals surface area contributed by atoms with Crippen LogP contribution in [0.5, 0.6) is 5.75 Å². The second-order valence-electron chi connectivity index (χ2n) is 16.5. The Bertz CT molecular complexity index is 2150. The highest BCUT2D eigenvalue weighted by molar-refractivity contribution is 5.97. The molecule has 0 radical (unpaired) electrons. The molecular formula is C42H62N14O13. The number of hydrogen-bond acceptors (Lipinski definition) is 14. The molecule has 6 atom stereocenters. The Morgan fingerprint density at radius 3 is 2.01 bits per heavy atom. The second kappa shape index (κ2) is 27.7. The van der Waals surface area contributed by atoms with Crippen molar-refractivity contribution in [3.63, 3.8) is 0 Å². The SMILES string of the molecule is CC(C)C[C@H](NC(=O)CNC(=O)[C@@H]1CCCN1C(=O)[C@H](Cc1ccc(O)cc1)NC(=O)CNC(=O)[C@H](CCCN=C(N)N)NC(=O)[C@@H](N)Cc1cnc[nH]1)C(=O)N[C@@H](CC(=O)O)C(=O)NCC(=O)O. The molecule has 0 aliphatic carbocycles. The van der Waals surface area contributed by atoms with Crippen LogP contribution in [0, 0.1) is 5.92 Å². The monoisotopic (exact) mass is 970 g/mol. The second-order valence-corrected chi connectivity index (χ2v) is 16.5. The van der Waals surface area contributed by atoms with Crippen LogP contribution in [0.25, 0.3) is 0 Å². The van der Waals surface area contributed by atoms with Crippen LogP contribution in [0.4, 0.5) is 0 Å². The Labute approximate surface area is 395 Å². The van der Waals surface area contributed by atoms with Gasteiger partial charge in [-0.15, -0.1) is 0 Å². The summed E-state index contributed by atoms with van der Waals surface area (Å²) in [5.41, 5.74) is 18.0. The first-order valence-corrected chi connectivity index (χ1v) is 22.0. The standard InChI is InChI=1S/C42H62N14O13/c1-22(2)13-28(39(67)55-29(16-34(60)61)38(66)50-20-35(62)63)52-32(58)19-49-40(68)31-6-4-12-56(31)41(69)30(14-23-7-9-25(57)10-8-23)53-33(59)18-48-37(65)27(5-3-11-47-42(44)45)54-36(64)26(43)15-24-17-46-21-51-24/h7-10,17,21-22,26-31,57H,3-6,11-16,18-20,43H2,1-2H3,(H,46,51)(H,48,65)(H,49,68)(H,50,66)(H,52,58)(H,53,59)(H,54,64)(H,55,67)(H,60,61)(H,62,63)(H4,44,45,47)/t26-,27-,28-,29-,30-,31-/m0/s1. The molecule has 17 N–H and O–H groups in total. The highest BCUT2D eigenvalue weighted by atomic mass is 16.4. The molecule has 27 heteroatoms. The molecule has 2 aromatic rings. The summed E-state index contributed by atoms with van der Waals surface area (Å²) in [5.74, 6) is -9.84. The number of aliphatic carboxylic acids is 2. The van der Waals surface area contributed by atoms with Gasteiger partial charge < -0.3 is 79.6 Å². The van der Waals surface area contributed by atoms with Crippen molar-refractivity contribution >= 4 is 65.2 Å². The minimum absolute atomic E-state index is 0.0185. The van der Waals surface area contributed by atoms with Gasteiger partial charge in [0.05, 0.1) is 31.9 Å². The molecule has 8 amide bonds. The number of nitrogens with zero attached hydrogens (tertiary/aromatic N) is 3. The maximum Gasteiger partial charge on any atom is 0.322 e. The van der Waals surface area contributed by atoms with Gasteiger partial charge in [-0.25, -0.2) is 4.98 Å². The van der Waals surface area contributed by atoms with E-state index in [0.717, 1.165) is 0 Å². The summed E-state index contributed by atoms with van der Waals surface area (Å²) in [6, 6.07) is -1.84. The normalized spacial score (nSPS) is 15.2. The molecule has 0 bridgehead atoms. The van der Waals surface area contributed by atoms with Crippen molar-refractivity contribution in [1.82, 2.24) is 52.1 Å². The number of H-pyrrole nitrogens is 1. The molecule has 378 valence electrons. The summed E-state index contributed by atoms with van der Waals surface area (Å²) in [4.78, 5) is 141. The third-order valence-corrected chi connectivity index (χ3v) is 10.4. The molecule has 1 aromatic carbocycles. The van der Waals surface area contributed by atoms with Gasteiger partial charge in [0.25, 0.3) is 0 Å². The summed E-state index contributed by atoms with van der Waals surface area (Å²) in [5, 5.41) is 44.8. The number of carbonyl (C=O) groups is 10. The van der Waals surface area contributed by atoms with Crippen molar-refractivity contribution in [2.24, 2.45) is 28.1 Å². The van der Waals surface area contributed by atoms with E-state index < -0.39 is 122 Å². The molecule has 69 heavy (non-hydrogen) atoms. The topological polar surface area (TPSA) is 438 Å². The van der Waals surface area contributed by atoms with E-state index in [4.69, 9.17) is 22.3 Å². The van der Waals surface area contributed by atoms with Crippen molar-refractivity contribution < 1.29 is 63.3 Å². The molecule has 0 spiro atoms. The lowest BCUT2D eigenvalue weighted by Gasteiger charge is -2.29. The number of carboxylic acid groups (broad SMARTS) is 2. The number of likely N-dealkylation sites (tertiary alicyclic amines) is 1. The third-order valence-electron chi connectivity index (χ3n) is 10.4. The van der Waals surface area contributed by atoms with Gasteiger partial charge in [-0.2, -0.15) is 0 Å². The smallest absolute Gasteiger partial charge is 0.322 e. The highest BCUT2D eigenvalue weighted by Gasteiger charge is 2.38. The lowest BCUT2D eigenvalue weighted by Crippen LogP contribution is -2.57. The van der Waals surface area contributed by atoms with E-state index in [-0.39, 0.29) is 69.2 Å². The van der Waals surface area contributed by atoms with Gasteiger partial charge in [0.15, 0.2) is 5.96 Å². The molecule has 1 fully saturated rings. The summed E-state index contributed by atoms with van der Waals surface area (Å²) in [6.45, 7) is 1.51. The Kier molecular flexibility index (Phi) is 22.3. The average Bonchev–Trinajstić information content (AvgIpc) is 4.00. The zero-order valence-corrected chi connectivity index (χ0v) is 38.2. The molecule has 0 saturated carbocycles. The van der Waals surface area contributed by atoms with E-state index in [2.05, 4.69) is 46.9 Å². The van der Waals surface area contributed by atoms with E-state index in [1.54, 1.807) is 13.8 Å². The Morgan fingerprint density at radius 2 is 1.41 bits per heavy atom. The number of imidazole rings is 1. The highest BCUT2D eigenvalue weighted by Crippen LogP contribution is 2.21.